The first-order valence-corrected chi connectivity index (χ1v) is 5.69. The Balaban J connectivity index is 2.35. The number of rotatable bonds is 6. The minimum Gasteiger partial charge on any atom is -0.370 e. The highest BCUT2D eigenvalue weighted by atomic mass is 16.5. The second-order valence-corrected chi connectivity index (χ2v) is 4.09. The standard InChI is InChI=1S/C15H20O/c1-4-15(13(2)3)16-12-8-11-14-9-6-5-7-10-14/h4-11,13,15H,1,12H2,2-3H3/b11-8+. The Kier molecular flexibility index (Phi) is 5.58. The Morgan fingerprint density at radius 3 is 2.50 bits per heavy atom. The van der Waals surface area contributed by atoms with Gasteiger partial charge in [-0.05, 0) is 11.5 Å². The molecular formula is C15H20O. The van der Waals surface area contributed by atoms with Crippen molar-refractivity contribution in [3.05, 3.63) is 54.6 Å². The van der Waals surface area contributed by atoms with E-state index in [9.17, 15) is 0 Å². The minimum atomic E-state index is 0.139. The summed E-state index contributed by atoms with van der Waals surface area (Å²) in [6.45, 7) is 8.66. The summed E-state index contributed by atoms with van der Waals surface area (Å²) in [5.74, 6) is 0.475. The van der Waals surface area contributed by atoms with Crippen molar-refractivity contribution in [1.29, 1.82) is 0 Å². The first kappa shape index (κ1) is 12.7. The number of ether oxygens (including phenoxy) is 1. The van der Waals surface area contributed by atoms with Gasteiger partial charge in [-0.2, -0.15) is 0 Å². The quantitative estimate of drug-likeness (QED) is 0.655. The van der Waals surface area contributed by atoms with Crippen molar-refractivity contribution >= 4 is 6.08 Å². The van der Waals surface area contributed by atoms with Crippen LogP contribution < -0.4 is 0 Å². The molecule has 0 aliphatic rings. The fourth-order valence-corrected chi connectivity index (χ4v) is 1.45. The summed E-state index contributed by atoms with van der Waals surface area (Å²) in [4.78, 5) is 0. The molecule has 0 aliphatic heterocycles. The van der Waals surface area contributed by atoms with Gasteiger partial charge in [0.25, 0.3) is 0 Å². The molecule has 1 aromatic carbocycles. The summed E-state index contributed by atoms with van der Waals surface area (Å²) in [6, 6.07) is 10.2. The topological polar surface area (TPSA) is 9.23 Å². The van der Waals surface area contributed by atoms with Crippen molar-refractivity contribution in [3.63, 3.8) is 0 Å². The van der Waals surface area contributed by atoms with Gasteiger partial charge in [0, 0.05) is 0 Å². The fraction of sp³-hybridized carbons (Fsp3) is 0.333. The molecule has 1 heteroatoms. The van der Waals surface area contributed by atoms with Crippen molar-refractivity contribution in [2.45, 2.75) is 20.0 Å². The van der Waals surface area contributed by atoms with Crippen LogP contribution in [0.5, 0.6) is 0 Å². The van der Waals surface area contributed by atoms with Gasteiger partial charge in [0.15, 0.2) is 0 Å². The van der Waals surface area contributed by atoms with Crippen LogP contribution in [0.4, 0.5) is 0 Å². The normalized spacial score (nSPS) is 13.2. The van der Waals surface area contributed by atoms with Crippen LogP contribution in [0.25, 0.3) is 6.08 Å². The zero-order valence-electron chi connectivity index (χ0n) is 10.1. The molecule has 0 bridgehead atoms. The summed E-state index contributed by atoms with van der Waals surface area (Å²) >= 11 is 0. The highest BCUT2D eigenvalue weighted by molar-refractivity contribution is 5.48. The van der Waals surface area contributed by atoms with Crippen LogP contribution in [0.3, 0.4) is 0 Å². The number of benzene rings is 1. The average Bonchev–Trinajstić information content (AvgIpc) is 2.30. The third-order valence-electron chi connectivity index (χ3n) is 2.38. The van der Waals surface area contributed by atoms with Crippen LogP contribution in [0, 0.1) is 5.92 Å². The molecule has 0 aromatic heterocycles. The molecule has 16 heavy (non-hydrogen) atoms. The molecule has 0 fully saturated rings. The van der Waals surface area contributed by atoms with E-state index >= 15 is 0 Å². The van der Waals surface area contributed by atoms with Crippen LogP contribution in [-0.2, 0) is 4.74 Å². The Hall–Kier alpha value is -1.34. The summed E-state index contributed by atoms with van der Waals surface area (Å²) < 4.78 is 5.67. The Morgan fingerprint density at radius 1 is 1.25 bits per heavy atom. The van der Waals surface area contributed by atoms with Crippen molar-refractivity contribution in [3.8, 4) is 0 Å². The van der Waals surface area contributed by atoms with Crippen molar-refractivity contribution < 1.29 is 4.74 Å². The van der Waals surface area contributed by atoms with E-state index in [1.165, 1.54) is 5.56 Å². The summed E-state index contributed by atoms with van der Waals surface area (Å²) in [5.41, 5.74) is 1.20. The summed E-state index contributed by atoms with van der Waals surface area (Å²) in [5, 5.41) is 0. The maximum Gasteiger partial charge on any atom is 0.0780 e. The molecule has 86 valence electrons. The van der Waals surface area contributed by atoms with E-state index in [1.54, 1.807) is 0 Å². The predicted octanol–water partition coefficient (Wildman–Crippen LogP) is 3.93. The molecule has 1 nitrogen and oxygen atoms in total. The third-order valence-corrected chi connectivity index (χ3v) is 2.38. The van der Waals surface area contributed by atoms with E-state index in [-0.39, 0.29) is 6.10 Å². The zero-order chi connectivity index (χ0) is 11.8. The summed E-state index contributed by atoms with van der Waals surface area (Å²) in [6.07, 6.45) is 6.11. The van der Waals surface area contributed by atoms with Crippen LogP contribution in [0.1, 0.15) is 19.4 Å². The molecular weight excluding hydrogens is 196 g/mol. The second-order valence-electron chi connectivity index (χ2n) is 4.09. The lowest BCUT2D eigenvalue weighted by Crippen LogP contribution is -2.16. The van der Waals surface area contributed by atoms with E-state index in [0.29, 0.717) is 12.5 Å². The van der Waals surface area contributed by atoms with Crippen LogP contribution in [-0.4, -0.2) is 12.7 Å². The van der Waals surface area contributed by atoms with Gasteiger partial charge in [-0.1, -0.05) is 62.4 Å². The van der Waals surface area contributed by atoms with Gasteiger partial charge >= 0.3 is 0 Å². The van der Waals surface area contributed by atoms with Gasteiger partial charge in [0.05, 0.1) is 12.7 Å². The molecule has 0 spiro atoms. The highest BCUT2D eigenvalue weighted by Crippen LogP contribution is 2.07. The Morgan fingerprint density at radius 2 is 1.94 bits per heavy atom. The molecule has 1 atom stereocenters. The van der Waals surface area contributed by atoms with Gasteiger partial charge in [0.1, 0.15) is 0 Å². The molecule has 0 radical (unpaired) electrons. The minimum absolute atomic E-state index is 0.139. The lowest BCUT2D eigenvalue weighted by atomic mass is 10.1. The third kappa shape index (κ3) is 4.45. The van der Waals surface area contributed by atoms with Gasteiger partial charge in [-0.15, -0.1) is 6.58 Å². The van der Waals surface area contributed by atoms with E-state index in [1.807, 2.05) is 30.4 Å². The van der Waals surface area contributed by atoms with Gasteiger partial charge < -0.3 is 4.74 Å². The van der Waals surface area contributed by atoms with Crippen molar-refractivity contribution in [2.75, 3.05) is 6.61 Å². The smallest absolute Gasteiger partial charge is 0.0780 e. The Labute approximate surface area is 98.5 Å². The molecule has 1 rings (SSSR count). The van der Waals surface area contributed by atoms with Crippen LogP contribution in [0.15, 0.2) is 49.1 Å². The molecule has 0 heterocycles. The molecule has 0 N–H and O–H groups in total. The monoisotopic (exact) mass is 216 g/mol. The lowest BCUT2D eigenvalue weighted by Gasteiger charge is -2.15. The molecule has 1 unspecified atom stereocenters. The maximum atomic E-state index is 5.67. The summed E-state index contributed by atoms with van der Waals surface area (Å²) in [7, 11) is 0. The lowest BCUT2D eigenvalue weighted by molar-refractivity contribution is 0.0764. The molecule has 0 amide bonds. The first-order chi connectivity index (χ1) is 7.74. The van der Waals surface area contributed by atoms with Crippen molar-refractivity contribution in [1.82, 2.24) is 0 Å². The molecule has 0 aliphatic carbocycles. The maximum absolute atomic E-state index is 5.67. The van der Waals surface area contributed by atoms with Crippen LogP contribution in [0.2, 0.25) is 0 Å². The van der Waals surface area contributed by atoms with Crippen LogP contribution >= 0.6 is 0 Å². The zero-order valence-corrected chi connectivity index (χ0v) is 10.1. The average molecular weight is 216 g/mol. The van der Waals surface area contributed by atoms with Gasteiger partial charge in [-0.25, -0.2) is 0 Å². The number of hydrogen-bond donors (Lipinski definition) is 0. The van der Waals surface area contributed by atoms with E-state index in [4.69, 9.17) is 4.74 Å². The van der Waals surface area contributed by atoms with E-state index in [0.717, 1.165) is 0 Å². The van der Waals surface area contributed by atoms with E-state index in [2.05, 4.69) is 38.6 Å². The van der Waals surface area contributed by atoms with Gasteiger partial charge in [0.2, 0.25) is 0 Å². The van der Waals surface area contributed by atoms with Crippen molar-refractivity contribution in [2.24, 2.45) is 5.92 Å². The largest absolute Gasteiger partial charge is 0.370 e. The fourth-order valence-electron chi connectivity index (χ4n) is 1.45. The van der Waals surface area contributed by atoms with E-state index < -0.39 is 0 Å². The molecule has 0 saturated heterocycles. The van der Waals surface area contributed by atoms with Gasteiger partial charge in [-0.3, -0.25) is 0 Å². The predicted molar refractivity (Wildman–Crippen MR) is 70.3 cm³/mol. The first-order valence-electron chi connectivity index (χ1n) is 5.69. The SMILES string of the molecule is C=CC(OC/C=C/c1ccccc1)C(C)C. The highest BCUT2D eigenvalue weighted by Gasteiger charge is 2.07. The Bertz CT molecular complexity index is 325. The molecule has 1 aromatic rings. The second kappa shape index (κ2) is 7.02. The number of hydrogen-bond acceptors (Lipinski definition) is 1. The molecule has 0 saturated carbocycles.